The molecule has 0 bridgehead atoms. The van der Waals surface area contributed by atoms with Gasteiger partial charge >= 0.3 is 0 Å². The third-order valence-corrected chi connectivity index (χ3v) is 4.53. The molecule has 2 atom stereocenters. The van der Waals surface area contributed by atoms with Crippen molar-refractivity contribution in [2.45, 2.75) is 31.2 Å². The zero-order chi connectivity index (χ0) is 15.2. The van der Waals surface area contributed by atoms with E-state index in [9.17, 15) is 8.42 Å². The summed E-state index contributed by atoms with van der Waals surface area (Å²) in [5, 5.41) is 3.44. The highest BCUT2D eigenvalue weighted by Crippen LogP contribution is 2.26. The van der Waals surface area contributed by atoms with Gasteiger partial charge in [0.25, 0.3) is 0 Å². The van der Waals surface area contributed by atoms with Gasteiger partial charge in [-0.15, -0.1) is 0 Å². The number of hydrogen-bond acceptors (Lipinski definition) is 4. The lowest BCUT2D eigenvalue weighted by molar-refractivity contribution is 0.170. The lowest BCUT2D eigenvalue weighted by Gasteiger charge is -2.25. The molecule has 1 aromatic carbocycles. The van der Waals surface area contributed by atoms with Crippen LogP contribution in [0.5, 0.6) is 0 Å². The molecule has 0 saturated heterocycles. The van der Waals surface area contributed by atoms with Crippen LogP contribution in [0.1, 0.15) is 31.9 Å². The van der Waals surface area contributed by atoms with Gasteiger partial charge in [0.2, 0.25) is 0 Å². The van der Waals surface area contributed by atoms with Crippen molar-refractivity contribution in [2.24, 2.45) is 5.92 Å². The quantitative estimate of drug-likeness (QED) is 0.801. The molecule has 1 N–H and O–H groups in total. The van der Waals surface area contributed by atoms with Crippen LogP contribution < -0.4 is 5.32 Å². The summed E-state index contributed by atoms with van der Waals surface area (Å²) in [4.78, 5) is 0.372. The fourth-order valence-electron chi connectivity index (χ4n) is 2.28. The Hall–Kier alpha value is -0.910. The third-order valence-electron chi connectivity index (χ3n) is 3.42. The molecule has 0 spiro atoms. The monoisotopic (exact) mass is 299 g/mol. The molecular formula is C15H25NO3S. The van der Waals surface area contributed by atoms with E-state index in [2.05, 4.69) is 19.2 Å². The molecule has 0 aliphatic heterocycles. The normalized spacial score (nSPS) is 15.0. The highest BCUT2D eigenvalue weighted by molar-refractivity contribution is 7.90. The van der Waals surface area contributed by atoms with Crippen LogP contribution >= 0.6 is 0 Å². The second-order valence-corrected chi connectivity index (χ2v) is 7.15. The molecule has 0 saturated carbocycles. The molecule has 114 valence electrons. The van der Waals surface area contributed by atoms with Crippen molar-refractivity contribution in [1.82, 2.24) is 5.32 Å². The fourth-order valence-corrected chi connectivity index (χ4v) is 2.95. The minimum absolute atomic E-state index is 0.136. The smallest absolute Gasteiger partial charge is 0.175 e. The largest absolute Gasteiger partial charge is 0.385 e. The van der Waals surface area contributed by atoms with E-state index < -0.39 is 9.84 Å². The van der Waals surface area contributed by atoms with Gasteiger partial charge in [-0.25, -0.2) is 8.42 Å². The van der Waals surface area contributed by atoms with Crippen LogP contribution in [0.15, 0.2) is 29.2 Å². The molecule has 0 aliphatic carbocycles. The average Bonchev–Trinajstić information content (AvgIpc) is 2.41. The van der Waals surface area contributed by atoms with Crippen molar-refractivity contribution in [3.8, 4) is 0 Å². The SMILES string of the molecule is CCNC(c1cccc(S(C)(=O)=O)c1)C(C)CCOC. The molecule has 0 aliphatic rings. The lowest BCUT2D eigenvalue weighted by atomic mass is 9.92. The van der Waals surface area contributed by atoms with E-state index in [0.717, 1.165) is 18.5 Å². The van der Waals surface area contributed by atoms with E-state index in [4.69, 9.17) is 4.74 Å². The lowest BCUT2D eigenvalue weighted by Crippen LogP contribution is -2.27. The Kier molecular flexibility index (Phi) is 6.65. The van der Waals surface area contributed by atoms with E-state index in [1.807, 2.05) is 6.07 Å². The first-order valence-electron chi connectivity index (χ1n) is 6.92. The predicted octanol–water partition coefficient (Wildman–Crippen LogP) is 2.41. The van der Waals surface area contributed by atoms with Gasteiger partial charge in [0.15, 0.2) is 9.84 Å². The maximum absolute atomic E-state index is 11.7. The number of nitrogens with one attached hydrogen (secondary N) is 1. The number of hydrogen-bond donors (Lipinski definition) is 1. The van der Waals surface area contributed by atoms with Gasteiger partial charge in [0, 0.05) is 26.0 Å². The first kappa shape index (κ1) is 17.1. The van der Waals surface area contributed by atoms with Gasteiger partial charge in [0.1, 0.15) is 0 Å². The Balaban J connectivity index is 3.02. The molecule has 1 rings (SSSR count). The zero-order valence-corrected chi connectivity index (χ0v) is 13.5. The standard InChI is InChI=1S/C15H25NO3S/c1-5-16-15(12(2)9-10-19-3)13-7-6-8-14(11-13)20(4,17)18/h6-8,11-12,15-16H,5,9-10H2,1-4H3. The molecule has 4 nitrogen and oxygen atoms in total. The molecule has 0 fully saturated rings. The summed E-state index contributed by atoms with van der Waals surface area (Å²) in [5.74, 6) is 0.365. The number of ether oxygens (including phenoxy) is 1. The summed E-state index contributed by atoms with van der Waals surface area (Å²) in [6, 6.07) is 7.33. The molecular weight excluding hydrogens is 274 g/mol. The van der Waals surface area contributed by atoms with E-state index in [1.54, 1.807) is 25.3 Å². The number of rotatable bonds is 8. The number of methoxy groups -OCH3 is 1. The van der Waals surface area contributed by atoms with Crippen LogP contribution in [0.3, 0.4) is 0 Å². The Labute approximate surface area is 122 Å². The molecule has 20 heavy (non-hydrogen) atoms. The van der Waals surface area contributed by atoms with E-state index >= 15 is 0 Å². The van der Waals surface area contributed by atoms with Crippen molar-refractivity contribution >= 4 is 9.84 Å². The van der Waals surface area contributed by atoms with Gasteiger partial charge in [-0.1, -0.05) is 26.0 Å². The van der Waals surface area contributed by atoms with Gasteiger partial charge in [-0.2, -0.15) is 0 Å². The molecule has 1 aromatic rings. The number of sulfone groups is 1. The molecule has 0 amide bonds. The maximum atomic E-state index is 11.7. The first-order valence-corrected chi connectivity index (χ1v) is 8.81. The van der Waals surface area contributed by atoms with Crippen LogP contribution in [-0.4, -0.2) is 34.9 Å². The molecule has 5 heteroatoms. The summed E-state index contributed by atoms with van der Waals surface area (Å²) < 4.78 is 28.5. The van der Waals surface area contributed by atoms with E-state index in [-0.39, 0.29) is 6.04 Å². The third kappa shape index (κ3) is 4.89. The van der Waals surface area contributed by atoms with Crippen LogP contribution in [0.4, 0.5) is 0 Å². The Morgan fingerprint density at radius 2 is 2.05 bits per heavy atom. The minimum Gasteiger partial charge on any atom is -0.385 e. The van der Waals surface area contributed by atoms with Gasteiger partial charge in [0.05, 0.1) is 4.90 Å². The first-order chi connectivity index (χ1) is 9.40. The predicted molar refractivity (Wildman–Crippen MR) is 81.6 cm³/mol. The summed E-state index contributed by atoms with van der Waals surface area (Å²) in [6.45, 7) is 5.75. The molecule has 0 radical (unpaired) electrons. The summed E-state index contributed by atoms with van der Waals surface area (Å²) >= 11 is 0. The van der Waals surface area contributed by atoms with Crippen LogP contribution in [-0.2, 0) is 14.6 Å². The van der Waals surface area contributed by atoms with E-state index in [1.165, 1.54) is 6.26 Å². The van der Waals surface area contributed by atoms with Crippen molar-refractivity contribution in [1.29, 1.82) is 0 Å². The molecule has 0 heterocycles. The second kappa shape index (κ2) is 7.76. The Morgan fingerprint density at radius 1 is 1.35 bits per heavy atom. The summed E-state index contributed by atoms with van der Waals surface area (Å²) in [7, 11) is -1.48. The summed E-state index contributed by atoms with van der Waals surface area (Å²) in [5.41, 5.74) is 1.01. The van der Waals surface area contributed by atoms with Crippen LogP contribution in [0, 0.1) is 5.92 Å². The molecule has 2 unspecified atom stereocenters. The highest BCUT2D eigenvalue weighted by atomic mass is 32.2. The fraction of sp³-hybridized carbons (Fsp3) is 0.600. The maximum Gasteiger partial charge on any atom is 0.175 e. The topological polar surface area (TPSA) is 55.4 Å². The second-order valence-electron chi connectivity index (χ2n) is 5.14. The van der Waals surface area contributed by atoms with Crippen LogP contribution in [0.25, 0.3) is 0 Å². The Morgan fingerprint density at radius 3 is 2.60 bits per heavy atom. The van der Waals surface area contributed by atoms with Crippen molar-refractivity contribution < 1.29 is 13.2 Å². The van der Waals surface area contributed by atoms with Crippen molar-refractivity contribution in [3.63, 3.8) is 0 Å². The van der Waals surface area contributed by atoms with Crippen molar-refractivity contribution in [3.05, 3.63) is 29.8 Å². The zero-order valence-electron chi connectivity index (χ0n) is 12.7. The van der Waals surface area contributed by atoms with Crippen LogP contribution in [0.2, 0.25) is 0 Å². The highest BCUT2D eigenvalue weighted by Gasteiger charge is 2.19. The minimum atomic E-state index is -3.17. The van der Waals surface area contributed by atoms with E-state index in [0.29, 0.717) is 17.4 Å². The van der Waals surface area contributed by atoms with Gasteiger partial charge < -0.3 is 10.1 Å². The number of benzene rings is 1. The van der Waals surface area contributed by atoms with Gasteiger partial charge in [-0.05, 0) is 36.6 Å². The van der Waals surface area contributed by atoms with Crippen molar-refractivity contribution in [2.75, 3.05) is 26.5 Å². The van der Waals surface area contributed by atoms with Gasteiger partial charge in [-0.3, -0.25) is 0 Å². The summed E-state index contributed by atoms with van der Waals surface area (Å²) in [6.07, 6.45) is 2.17. The Bertz CT molecular complexity index is 514. The molecule has 0 aromatic heterocycles. The average molecular weight is 299 g/mol.